The molecule has 0 fully saturated rings. The Morgan fingerprint density at radius 2 is 1.89 bits per heavy atom. The lowest BCUT2D eigenvalue weighted by molar-refractivity contribution is -0.115. The minimum absolute atomic E-state index is 0.143. The zero-order valence-corrected chi connectivity index (χ0v) is 10.6. The Hall–Kier alpha value is -2.36. The van der Waals surface area contributed by atoms with E-state index in [1.165, 1.54) is 6.07 Å². The summed E-state index contributed by atoms with van der Waals surface area (Å²) in [6.45, 7) is 1.66. The van der Waals surface area contributed by atoms with Gasteiger partial charge in [0.25, 0.3) is 0 Å². The molecule has 0 aliphatic rings. The van der Waals surface area contributed by atoms with Gasteiger partial charge in [0.15, 0.2) is 0 Å². The first-order chi connectivity index (χ1) is 9.04. The van der Waals surface area contributed by atoms with Crippen molar-refractivity contribution in [2.45, 2.75) is 13.3 Å². The van der Waals surface area contributed by atoms with Crippen LogP contribution in [0.2, 0.25) is 0 Å². The molecule has 0 unspecified atom stereocenters. The third kappa shape index (κ3) is 3.55. The summed E-state index contributed by atoms with van der Waals surface area (Å²) in [5.74, 6) is -0.424. The minimum Gasteiger partial charge on any atom is -0.399 e. The van der Waals surface area contributed by atoms with Crippen LogP contribution in [0.5, 0.6) is 0 Å². The summed E-state index contributed by atoms with van der Waals surface area (Å²) in [6.07, 6.45) is 0.261. The Morgan fingerprint density at radius 3 is 2.53 bits per heavy atom. The number of amides is 1. The summed E-state index contributed by atoms with van der Waals surface area (Å²) in [7, 11) is 0. The van der Waals surface area contributed by atoms with Crippen LogP contribution in [0, 0.1) is 12.7 Å². The summed E-state index contributed by atoms with van der Waals surface area (Å²) < 4.78 is 13.1. The quantitative estimate of drug-likeness (QED) is 0.832. The molecule has 3 nitrogen and oxygen atoms in total. The third-order valence-electron chi connectivity index (χ3n) is 2.79. The molecule has 1 amide bonds. The highest BCUT2D eigenvalue weighted by atomic mass is 19.1. The monoisotopic (exact) mass is 258 g/mol. The average molecular weight is 258 g/mol. The predicted octanol–water partition coefficient (Wildman–Crippen LogP) is 2.90. The van der Waals surface area contributed by atoms with E-state index in [4.69, 9.17) is 5.73 Å². The van der Waals surface area contributed by atoms with Crippen LogP contribution < -0.4 is 11.1 Å². The van der Waals surface area contributed by atoms with Gasteiger partial charge >= 0.3 is 0 Å². The Balaban J connectivity index is 2.01. The number of carbonyl (C=O) groups excluding carboxylic acids is 1. The van der Waals surface area contributed by atoms with Gasteiger partial charge in [-0.15, -0.1) is 0 Å². The van der Waals surface area contributed by atoms with Gasteiger partial charge in [-0.05, 0) is 48.4 Å². The van der Waals surface area contributed by atoms with Crippen LogP contribution in [0.1, 0.15) is 11.1 Å². The summed E-state index contributed by atoms with van der Waals surface area (Å²) >= 11 is 0. The van der Waals surface area contributed by atoms with E-state index in [0.717, 1.165) is 5.56 Å². The third-order valence-corrected chi connectivity index (χ3v) is 2.79. The molecule has 4 heteroatoms. The largest absolute Gasteiger partial charge is 0.399 e. The fraction of sp³-hybridized carbons (Fsp3) is 0.133. The molecule has 0 heterocycles. The molecule has 0 aromatic heterocycles. The molecule has 0 saturated heterocycles. The highest BCUT2D eigenvalue weighted by Crippen LogP contribution is 2.14. The first-order valence-electron chi connectivity index (χ1n) is 5.95. The van der Waals surface area contributed by atoms with Crippen LogP contribution in [-0.2, 0) is 11.2 Å². The predicted molar refractivity (Wildman–Crippen MR) is 74.3 cm³/mol. The van der Waals surface area contributed by atoms with Crippen molar-refractivity contribution in [1.82, 2.24) is 0 Å². The Kier molecular flexibility index (Phi) is 3.80. The molecule has 0 radical (unpaired) electrons. The molecule has 0 atom stereocenters. The summed E-state index contributed by atoms with van der Waals surface area (Å²) in [4.78, 5) is 11.8. The fourth-order valence-electron chi connectivity index (χ4n) is 1.75. The number of benzene rings is 2. The van der Waals surface area contributed by atoms with E-state index in [2.05, 4.69) is 5.32 Å². The van der Waals surface area contributed by atoms with E-state index >= 15 is 0 Å². The first kappa shape index (κ1) is 13.1. The molecular formula is C15H15FN2O. The maximum atomic E-state index is 13.1. The van der Waals surface area contributed by atoms with Crippen LogP contribution in [0.4, 0.5) is 15.8 Å². The lowest BCUT2D eigenvalue weighted by atomic mass is 10.1. The van der Waals surface area contributed by atoms with Gasteiger partial charge in [0.05, 0.1) is 6.42 Å². The lowest BCUT2D eigenvalue weighted by Crippen LogP contribution is -2.14. The van der Waals surface area contributed by atoms with Crippen LogP contribution in [0.3, 0.4) is 0 Å². The average Bonchev–Trinajstić information content (AvgIpc) is 2.37. The van der Waals surface area contributed by atoms with Crippen LogP contribution in [0.15, 0.2) is 42.5 Å². The molecule has 0 aliphatic heterocycles. The van der Waals surface area contributed by atoms with Crippen LogP contribution in [-0.4, -0.2) is 5.91 Å². The second-order valence-electron chi connectivity index (χ2n) is 4.43. The van der Waals surface area contributed by atoms with Crippen molar-refractivity contribution in [3.05, 3.63) is 59.4 Å². The second kappa shape index (κ2) is 5.52. The van der Waals surface area contributed by atoms with E-state index in [9.17, 15) is 9.18 Å². The number of halogens is 1. The highest BCUT2D eigenvalue weighted by molar-refractivity contribution is 5.92. The summed E-state index contributed by atoms with van der Waals surface area (Å²) in [5.41, 5.74) is 8.22. The maximum Gasteiger partial charge on any atom is 0.228 e. The molecular weight excluding hydrogens is 243 g/mol. The topological polar surface area (TPSA) is 55.1 Å². The van der Waals surface area contributed by atoms with Gasteiger partial charge in [-0.2, -0.15) is 0 Å². The molecule has 98 valence electrons. The molecule has 2 rings (SSSR count). The van der Waals surface area contributed by atoms with Crippen molar-refractivity contribution >= 4 is 17.3 Å². The number of carbonyl (C=O) groups is 1. The highest BCUT2D eigenvalue weighted by Gasteiger charge is 2.05. The summed E-state index contributed by atoms with van der Waals surface area (Å²) in [6, 6.07) is 11.6. The Bertz CT molecular complexity index is 594. The lowest BCUT2D eigenvalue weighted by Gasteiger charge is -2.07. The number of nitrogens with one attached hydrogen (secondary N) is 1. The van der Waals surface area contributed by atoms with Crippen molar-refractivity contribution in [1.29, 1.82) is 0 Å². The zero-order valence-electron chi connectivity index (χ0n) is 10.6. The van der Waals surface area contributed by atoms with Gasteiger partial charge in [0.2, 0.25) is 5.91 Å². The smallest absolute Gasteiger partial charge is 0.228 e. The summed E-state index contributed by atoms with van der Waals surface area (Å²) in [5, 5.41) is 2.74. The van der Waals surface area contributed by atoms with Gasteiger partial charge in [0, 0.05) is 11.4 Å². The number of hydrogen-bond donors (Lipinski definition) is 2. The molecule has 0 saturated carbocycles. The number of nitrogens with two attached hydrogens (primary N) is 1. The van der Waals surface area contributed by atoms with Crippen LogP contribution in [0.25, 0.3) is 0 Å². The molecule has 0 aliphatic carbocycles. The molecule has 0 bridgehead atoms. The van der Waals surface area contributed by atoms with Gasteiger partial charge in [-0.3, -0.25) is 4.79 Å². The second-order valence-corrected chi connectivity index (χ2v) is 4.43. The van der Waals surface area contributed by atoms with Crippen molar-refractivity contribution in [2.24, 2.45) is 0 Å². The van der Waals surface area contributed by atoms with Crippen molar-refractivity contribution in [3.63, 3.8) is 0 Å². The number of hydrogen-bond acceptors (Lipinski definition) is 2. The minimum atomic E-state index is -0.281. The van der Waals surface area contributed by atoms with Gasteiger partial charge in [-0.1, -0.05) is 12.1 Å². The molecule has 2 aromatic rings. The van der Waals surface area contributed by atoms with E-state index < -0.39 is 0 Å². The van der Waals surface area contributed by atoms with E-state index in [1.807, 2.05) is 12.1 Å². The number of rotatable bonds is 3. The molecule has 3 N–H and O–H groups in total. The Morgan fingerprint density at radius 1 is 1.21 bits per heavy atom. The number of nitrogen functional groups attached to an aromatic ring is 1. The van der Waals surface area contributed by atoms with E-state index in [1.54, 1.807) is 31.2 Å². The maximum absolute atomic E-state index is 13.1. The molecule has 19 heavy (non-hydrogen) atoms. The van der Waals surface area contributed by atoms with Crippen molar-refractivity contribution in [3.8, 4) is 0 Å². The van der Waals surface area contributed by atoms with E-state index in [-0.39, 0.29) is 18.1 Å². The molecule has 0 spiro atoms. The first-order valence-corrected chi connectivity index (χ1v) is 5.95. The van der Waals surface area contributed by atoms with Gasteiger partial charge < -0.3 is 11.1 Å². The SMILES string of the molecule is Cc1cc(NC(=O)Cc2ccc(N)cc2)ccc1F. The van der Waals surface area contributed by atoms with E-state index in [0.29, 0.717) is 16.9 Å². The van der Waals surface area contributed by atoms with Gasteiger partial charge in [-0.25, -0.2) is 4.39 Å². The normalized spacial score (nSPS) is 10.2. The van der Waals surface area contributed by atoms with Crippen LogP contribution >= 0.6 is 0 Å². The Labute approximate surface area is 111 Å². The van der Waals surface area contributed by atoms with Gasteiger partial charge in [0.1, 0.15) is 5.82 Å². The van der Waals surface area contributed by atoms with Crippen molar-refractivity contribution in [2.75, 3.05) is 11.1 Å². The zero-order chi connectivity index (χ0) is 13.8. The number of anilines is 2. The number of aryl methyl sites for hydroxylation is 1. The molecule has 2 aromatic carbocycles. The van der Waals surface area contributed by atoms with Crippen molar-refractivity contribution < 1.29 is 9.18 Å². The fourth-order valence-corrected chi connectivity index (χ4v) is 1.75. The standard InChI is InChI=1S/C15H15FN2O/c1-10-8-13(6-7-14(10)16)18-15(19)9-11-2-4-12(17)5-3-11/h2-8H,9,17H2,1H3,(H,18,19).